The Balaban J connectivity index is 2.61. The molecule has 0 amide bonds. The van der Waals surface area contributed by atoms with Crippen LogP contribution in [-0.4, -0.2) is 16.8 Å². The second-order valence-corrected chi connectivity index (χ2v) is 4.97. The summed E-state index contributed by atoms with van der Waals surface area (Å²) >= 11 is 0. The Morgan fingerprint density at radius 2 is 1.78 bits per heavy atom. The van der Waals surface area contributed by atoms with Crippen molar-refractivity contribution in [2.24, 2.45) is 7.05 Å². The monoisotopic (exact) mass is 243 g/mol. The fraction of sp³-hybridized carbons (Fsp3) is 0.400. The first-order chi connectivity index (χ1) is 8.52. The summed E-state index contributed by atoms with van der Waals surface area (Å²) in [6, 6.07) is 4.47. The van der Waals surface area contributed by atoms with Crippen molar-refractivity contribution in [3.05, 3.63) is 40.7 Å². The van der Waals surface area contributed by atoms with Gasteiger partial charge in [-0.3, -0.25) is 4.68 Å². The van der Waals surface area contributed by atoms with E-state index < -0.39 is 0 Å². The lowest BCUT2D eigenvalue weighted by atomic mass is 9.94. The molecular formula is C15H21N3. The van der Waals surface area contributed by atoms with Gasteiger partial charge in [0.2, 0.25) is 0 Å². The van der Waals surface area contributed by atoms with Crippen LogP contribution in [0.2, 0.25) is 0 Å². The molecule has 0 saturated heterocycles. The van der Waals surface area contributed by atoms with E-state index in [1.165, 1.54) is 27.8 Å². The molecule has 0 aliphatic rings. The van der Waals surface area contributed by atoms with Gasteiger partial charge in [0.15, 0.2) is 0 Å². The SMILES string of the molecule is CNCc1nn(C)cc1-c1c(C)cc(C)cc1C. The summed E-state index contributed by atoms with van der Waals surface area (Å²) in [7, 11) is 3.93. The van der Waals surface area contributed by atoms with Crippen molar-refractivity contribution in [3.8, 4) is 11.1 Å². The van der Waals surface area contributed by atoms with Crippen LogP contribution in [0, 0.1) is 20.8 Å². The topological polar surface area (TPSA) is 29.9 Å². The Morgan fingerprint density at radius 1 is 1.17 bits per heavy atom. The quantitative estimate of drug-likeness (QED) is 0.898. The lowest BCUT2D eigenvalue weighted by Crippen LogP contribution is -2.07. The third-order valence-electron chi connectivity index (χ3n) is 3.20. The van der Waals surface area contributed by atoms with E-state index in [0.29, 0.717) is 0 Å². The highest BCUT2D eigenvalue weighted by Crippen LogP contribution is 2.30. The molecule has 2 aromatic rings. The molecule has 0 aliphatic heterocycles. The van der Waals surface area contributed by atoms with Gasteiger partial charge in [-0.25, -0.2) is 0 Å². The van der Waals surface area contributed by atoms with E-state index in [2.05, 4.69) is 49.5 Å². The van der Waals surface area contributed by atoms with Crippen LogP contribution in [0.3, 0.4) is 0 Å². The Kier molecular flexibility index (Phi) is 3.53. The predicted octanol–water partition coefficient (Wildman–Crippen LogP) is 2.73. The lowest BCUT2D eigenvalue weighted by molar-refractivity contribution is 0.712. The number of aryl methyl sites for hydroxylation is 4. The number of aromatic nitrogens is 2. The van der Waals surface area contributed by atoms with Crippen molar-refractivity contribution in [1.29, 1.82) is 0 Å². The standard InChI is InChI=1S/C15H21N3/c1-10-6-11(2)15(12(3)7-10)13-9-18(5)17-14(13)8-16-4/h6-7,9,16H,8H2,1-5H3. The maximum Gasteiger partial charge on any atom is 0.0840 e. The molecule has 3 heteroatoms. The molecule has 2 rings (SSSR count). The third kappa shape index (κ3) is 2.31. The van der Waals surface area contributed by atoms with Gasteiger partial charge in [0.25, 0.3) is 0 Å². The van der Waals surface area contributed by atoms with Gasteiger partial charge in [0, 0.05) is 25.4 Å². The average Bonchev–Trinajstić information content (AvgIpc) is 2.58. The molecule has 0 fully saturated rings. The van der Waals surface area contributed by atoms with E-state index >= 15 is 0 Å². The lowest BCUT2D eigenvalue weighted by Gasteiger charge is -2.11. The minimum atomic E-state index is 0.795. The zero-order chi connectivity index (χ0) is 13.3. The van der Waals surface area contributed by atoms with Crippen molar-refractivity contribution < 1.29 is 0 Å². The smallest absolute Gasteiger partial charge is 0.0840 e. The van der Waals surface area contributed by atoms with Gasteiger partial charge >= 0.3 is 0 Å². The Bertz CT molecular complexity index is 544. The number of benzene rings is 1. The molecule has 18 heavy (non-hydrogen) atoms. The van der Waals surface area contributed by atoms with Crippen LogP contribution >= 0.6 is 0 Å². The van der Waals surface area contributed by atoms with E-state index in [4.69, 9.17) is 0 Å². The van der Waals surface area contributed by atoms with Gasteiger partial charge in [-0.2, -0.15) is 5.10 Å². The molecule has 0 spiro atoms. The first kappa shape index (κ1) is 12.8. The van der Waals surface area contributed by atoms with Crippen LogP contribution in [0.25, 0.3) is 11.1 Å². The van der Waals surface area contributed by atoms with Crippen LogP contribution in [0.15, 0.2) is 18.3 Å². The summed E-state index contributed by atoms with van der Waals surface area (Å²) in [6.45, 7) is 7.28. The number of hydrogen-bond acceptors (Lipinski definition) is 2. The molecule has 0 saturated carbocycles. The Labute approximate surface area is 109 Å². The number of hydrogen-bond donors (Lipinski definition) is 1. The molecule has 0 bridgehead atoms. The number of nitrogens with zero attached hydrogens (tertiary/aromatic N) is 2. The largest absolute Gasteiger partial charge is 0.314 e. The van der Waals surface area contributed by atoms with Gasteiger partial charge in [-0.05, 0) is 44.5 Å². The summed E-state index contributed by atoms with van der Waals surface area (Å²) in [6.07, 6.45) is 2.11. The van der Waals surface area contributed by atoms with Crippen molar-refractivity contribution in [2.75, 3.05) is 7.05 Å². The van der Waals surface area contributed by atoms with Gasteiger partial charge in [0.1, 0.15) is 0 Å². The maximum atomic E-state index is 4.54. The minimum absolute atomic E-state index is 0.795. The highest BCUT2D eigenvalue weighted by Gasteiger charge is 2.13. The molecule has 3 nitrogen and oxygen atoms in total. The van der Waals surface area contributed by atoms with E-state index in [1.54, 1.807) is 0 Å². The van der Waals surface area contributed by atoms with Crippen LogP contribution in [0.4, 0.5) is 0 Å². The summed E-state index contributed by atoms with van der Waals surface area (Å²) < 4.78 is 1.89. The number of rotatable bonds is 3. The molecule has 0 unspecified atom stereocenters. The fourth-order valence-corrected chi connectivity index (χ4v) is 2.65. The van der Waals surface area contributed by atoms with Gasteiger partial charge in [-0.1, -0.05) is 17.7 Å². The summed E-state index contributed by atoms with van der Waals surface area (Å²) in [5, 5.41) is 7.72. The molecule has 0 atom stereocenters. The Hall–Kier alpha value is -1.61. The van der Waals surface area contributed by atoms with Crippen molar-refractivity contribution in [1.82, 2.24) is 15.1 Å². The molecular weight excluding hydrogens is 222 g/mol. The Morgan fingerprint density at radius 3 is 2.33 bits per heavy atom. The summed E-state index contributed by atoms with van der Waals surface area (Å²) in [4.78, 5) is 0. The van der Waals surface area contributed by atoms with Gasteiger partial charge in [0.05, 0.1) is 5.69 Å². The summed E-state index contributed by atoms with van der Waals surface area (Å²) in [5.74, 6) is 0. The van der Waals surface area contributed by atoms with Crippen LogP contribution in [0.5, 0.6) is 0 Å². The van der Waals surface area contributed by atoms with Crippen LogP contribution in [-0.2, 0) is 13.6 Å². The van der Waals surface area contributed by atoms with Crippen molar-refractivity contribution in [2.45, 2.75) is 27.3 Å². The third-order valence-corrected chi connectivity index (χ3v) is 3.20. The maximum absolute atomic E-state index is 4.54. The molecule has 1 N–H and O–H groups in total. The van der Waals surface area contributed by atoms with Crippen LogP contribution < -0.4 is 5.32 Å². The summed E-state index contributed by atoms with van der Waals surface area (Å²) in [5.41, 5.74) is 7.61. The second-order valence-electron chi connectivity index (χ2n) is 4.97. The van der Waals surface area contributed by atoms with E-state index in [9.17, 15) is 0 Å². The first-order valence-corrected chi connectivity index (χ1v) is 6.28. The first-order valence-electron chi connectivity index (χ1n) is 6.28. The molecule has 96 valence electrons. The van der Waals surface area contributed by atoms with E-state index in [1.807, 2.05) is 18.8 Å². The zero-order valence-corrected chi connectivity index (χ0v) is 11.8. The highest BCUT2D eigenvalue weighted by atomic mass is 15.3. The molecule has 0 aliphatic carbocycles. The normalized spacial score (nSPS) is 10.9. The van der Waals surface area contributed by atoms with E-state index in [0.717, 1.165) is 12.2 Å². The minimum Gasteiger partial charge on any atom is -0.314 e. The van der Waals surface area contributed by atoms with E-state index in [-0.39, 0.29) is 0 Å². The molecule has 1 heterocycles. The van der Waals surface area contributed by atoms with Crippen LogP contribution in [0.1, 0.15) is 22.4 Å². The van der Waals surface area contributed by atoms with Gasteiger partial charge in [-0.15, -0.1) is 0 Å². The van der Waals surface area contributed by atoms with Crippen molar-refractivity contribution >= 4 is 0 Å². The number of nitrogens with one attached hydrogen (secondary N) is 1. The highest BCUT2D eigenvalue weighted by molar-refractivity contribution is 5.72. The molecule has 1 aromatic heterocycles. The van der Waals surface area contributed by atoms with Gasteiger partial charge < -0.3 is 5.32 Å². The molecule has 1 aromatic carbocycles. The zero-order valence-electron chi connectivity index (χ0n) is 11.8. The van der Waals surface area contributed by atoms with Crippen molar-refractivity contribution in [3.63, 3.8) is 0 Å². The molecule has 0 radical (unpaired) electrons. The predicted molar refractivity (Wildman–Crippen MR) is 75.6 cm³/mol. The average molecular weight is 243 g/mol. The fourth-order valence-electron chi connectivity index (χ4n) is 2.65. The second kappa shape index (κ2) is 4.94.